The van der Waals surface area contributed by atoms with E-state index in [0.717, 1.165) is 18.4 Å². The molecule has 0 aliphatic heterocycles. The molecular weight excluding hydrogens is 266 g/mol. The number of carbonyl (C=O) groups excluding carboxylic acids is 1. The summed E-state index contributed by atoms with van der Waals surface area (Å²) in [5, 5.41) is 12.5. The van der Waals surface area contributed by atoms with Crippen molar-refractivity contribution in [3.05, 3.63) is 35.4 Å². The van der Waals surface area contributed by atoms with Crippen LogP contribution in [0.25, 0.3) is 0 Å². The molecule has 1 aliphatic rings. The van der Waals surface area contributed by atoms with E-state index in [9.17, 15) is 9.90 Å². The maximum Gasteiger partial charge on any atom is 0.251 e. The second-order valence-electron chi connectivity index (χ2n) is 5.79. The van der Waals surface area contributed by atoms with E-state index in [1.807, 2.05) is 24.3 Å². The van der Waals surface area contributed by atoms with E-state index >= 15 is 0 Å². The minimum absolute atomic E-state index is 0.0510. The zero-order valence-electron chi connectivity index (χ0n) is 12.7. The average Bonchev–Trinajstić information content (AvgIpc) is 2.53. The molecule has 1 amide bonds. The van der Waals surface area contributed by atoms with Gasteiger partial charge in [-0.2, -0.15) is 0 Å². The smallest absolute Gasteiger partial charge is 0.251 e. The summed E-state index contributed by atoms with van der Waals surface area (Å²) in [6, 6.07) is 7.52. The van der Waals surface area contributed by atoms with E-state index < -0.39 is 0 Å². The Morgan fingerprint density at radius 3 is 2.71 bits per heavy atom. The molecule has 2 atom stereocenters. The standard InChI is InChI=1S/C17H25NO3/c1-21-12-15-8-4-5-9-16(15)17(20)18-10-13-6-2-3-7-14(13)11-19/h4-5,8-9,13-14,19H,2-3,6-7,10-12H2,1H3,(H,18,20). The molecule has 1 aliphatic carbocycles. The molecule has 2 unspecified atom stereocenters. The topological polar surface area (TPSA) is 58.6 Å². The van der Waals surface area contributed by atoms with E-state index in [1.165, 1.54) is 12.8 Å². The molecule has 2 rings (SSSR count). The third kappa shape index (κ3) is 4.29. The molecule has 0 heterocycles. The Morgan fingerprint density at radius 2 is 2.00 bits per heavy atom. The van der Waals surface area contributed by atoms with Gasteiger partial charge in [0, 0.05) is 25.8 Å². The summed E-state index contributed by atoms with van der Waals surface area (Å²) < 4.78 is 5.13. The van der Waals surface area contributed by atoms with Gasteiger partial charge in [0.2, 0.25) is 0 Å². The number of methoxy groups -OCH3 is 1. The average molecular weight is 291 g/mol. The van der Waals surface area contributed by atoms with Gasteiger partial charge in [-0.15, -0.1) is 0 Å². The van der Waals surface area contributed by atoms with Gasteiger partial charge in [0.05, 0.1) is 6.61 Å². The number of aliphatic hydroxyl groups is 1. The van der Waals surface area contributed by atoms with Crippen molar-refractivity contribution >= 4 is 5.91 Å². The van der Waals surface area contributed by atoms with Crippen LogP contribution in [0.4, 0.5) is 0 Å². The number of hydrogen-bond acceptors (Lipinski definition) is 3. The van der Waals surface area contributed by atoms with Crippen molar-refractivity contribution in [1.29, 1.82) is 0 Å². The predicted molar refractivity (Wildman–Crippen MR) is 82.0 cm³/mol. The summed E-state index contributed by atoms with van der Waals surface area (Å²) >= 11 is 0. The van der Waals surface area contributed by atoms with Gasteiger partial charge in [0.25, 0.3) is 5.91 Å². The van der Waals surface area contributed by atoms with Gasteiger partial charge >= 0.3 is 0 Å². The van der Waals surface area contributed by atoms with Crippen LogP contribution in [0.1, 0.15) is 41.6 Å². The van der Waals surface area contributed by atoms with Gasteiger partial charge in [-0.3, -0.25) is 4.79 Å². The minimum atomic E-state index is -0.0510. The maximum atomic E-state index is 12.3. The number of rotatable bonds is 6. The molecule has 21 heavy (non-hydrogen) atoms. The Morgan fingerprint density at radius 1 is 1.29 bits per heavy atom. The quantitative estimate of drug-likeness (QED) is 0.846. The van der Waals surface area contributed by atoms with Gasteiger partial charge in [-0.1, -0.05) is 31.0 Å². The fraction of sp³-hybridized carbons (Fsp3) is 0.588. The minimum Gasteiger partial charge on any atom is -0.396 e. The number of nitrogens with one attached hydrogen (secondary N) is 1. The summed E-state index contributed by atoms with van der Waals surface area (Å²) in [6.07, 6.45) is 4.53. The molecule has 0 bridgehead atoms. The summed E-state index contributed by atoms with van der Waals surface area (Å²) in [6.45, 7) is 1.30. The lowest BCUT2D eigenvalue weighted by Gasteiger charge is -2.30. The molecule has 0 spiro atoms. The molecule has 4 heteroatoms. The highest BCUT2D eigenvalue weighted by molar-refractivity contribution is 5.95. The molecule has 2 N–H and O–H groups in total. The van der Waals surface area contributed by atoms with Crippen LogP contribution in [0.2, 0.25) is 0 Å². The fourth-order valence-corrected chi connectivity index (χ4v) is 3.14. The third-order valence-corrected chi connectivity index (χ3v) is 4.39. The van der Waals surface area contributed by atoms with Crippen LogP contribution >= 0.6 is 0 Å². The molecule has 0 aromatic heterocycles. The van der Waals surface area contributed by atoms with Crippen molar-refractivity contribution in [3.63, 3.8) is 0 Å². The van der Waals surface area contributed by atoms with Crippen LogP contribution in [0, 0.1) is 11.8 Å². The highest BCUT2D eigenvalue weighted by atomic mass is 16.5. The normalized spacial score (nSPS) is 22.0. The van der Waals surface area contributed by atoms with Crippen molar-refractivity contribution in [1.82, 2.24) is 5.32 Å². The molecule has 116 valence electrons. The molecule has 1 fully saturated rings. The number of ether oxygens (including phenoxy) is 1. The SMILES string of the molecule is COCc1ccccc1C(=O)NCC1CCCCC1CO. The largest absolute Gasteiger partial charge is 0.396 e. The van der Waals surface area contributed by atoms with Crippen molar-refractivity contribution in [2.24, 2.45) is 11.8 Å². The highest BCUT2D eigenvalue weighted by Gasteiger charge is 2.25. The Labute approximate surface area is 126 Å². The lowest BCUT2D eigenvalue weighted by atomic mass is 9.79. The lowest BCUT2D eigenvalue weighted by molar-refractivity contribution is 0.0905. The van der Waals surface area contributed by atoms with Crippen LogP contribution in [-0.4, -0.2) is 31.3 Å². The third-order valence-electron chi connectivity index (χ3n) is 4.39. The van der Waals surface area contributed by atoms with Crippen LogP contribution in [-0.2, 0) is 11.3 Å². The Kier molecular flexibility index (Phi) is 6.21. The van der Waals surface area contributed by atoms with Crippen molar-refractivity contribution in [2.75, 3.05) is 20.3 Å². The van der Waals surface area contributed by atoms with Crippen LogP contribution in [0.3, 0.4) is 0 Å². The van der Waals surface area contributed by atoms with Gasteiger partial charge in [-0.25, -0.2) is 0 Å². The first-order valence-corrected chi connectivity index (χ1v) is 7.72. The second kappa shape index (κ2) is 8.15. The Bertz CT molecular complexity index is 461. The van der Waals surface area contributed by atoms with E-state index in [-0.39, 0.29) is 12.5 Å². The van der Waals surface area contributed by atoms with E-state index in [2.05, 4.69) is 5.32 Å². The Balaban J connectivity index is 1.95. The number of hydrogen-bond donors (Lipinski definition) is 2. The van der Waals surface area contributed by atoms with Crippen molar-refractivity contribution in [2.45, 2.75) is 32.3 Å². The fourth-order valence-electron chi connectivity index (χ4n) is 3.14. The van der Waals surface area contributed by atoms with E-state index in [0.29, 0.717) is 30.6 Å². The summed E-state index contributed by atoms with van der Waals surface area (Å²) in [4.78, 5) is 12.3. The van der Waals surface area contributed by atoms with Gasteiger partial charge < -0.3 is 15.2 Å². The number of carbonyl (C=O) groups is 1. The van der Waals surface area contributed by atoms with Crippen LogP contribution in [0.5, 0.6) is 0 Å². The first kappa shape index (κ1) is 16.0. The first-order chi connectivity index (χ1) is 10.3. The molecule has 0 radical (unpaired) electrons. The molecule has 0 saturated heterocycles. The van der Waals surface area contributed by atoms with Crippen molar-refractivity contribution in [3.8, 4) is 0 Å². The van der Waals surface area contributed by atoms with Crippen molar-refractivity contribution < 1.29 is 14.6 Å². The predicted octanol–water partition coefficient (Wildman–Crippen LogP) is 2.36. The first-order valence-electron chi connectivity index (χ1n) is 7.72. The molecule has 1 aromatic rings. The molecule has 4 nitrogen and oxygen atoms in total. The zero-order chi connectivity index (χ0) is 15.1. The summed E-state index contributed by atoms with van der Waals surface area (Å²) in [5.41, 5.74) is 1.58. The summed E-state index contributed by atoms with van der Waals surface area (Å²) in [7, 11) is 1.63. The molecular formula is C17H25NO3. The monoisotopic (exact) mass is 291 g/mol. The van der Waals surface area contributed by atoms with E-state index in [1.54, 1.807) is 7.11 Å². The van der Waals surface area contributed by atoms with Crippen LogP contribution < -0.4 is 5.32 Å². The number of benzene rings is 1. The maximum absolute atomic E-state index is 12.3. The zero-order valence-corrected chi connectivity index (χ0v) is 12.7. The number of aliphatic hydroxyl groups excluding tert-OH is 1. The highest BCUT2D eigenvalue weighted by Crippen LogP contribution is 2.29. The van der Waals surface area contributed by atoms with Gasteiger partial charge in [-0.05, 0) is 36.3 Å². The van der Waals surface area contributed by atoms with E-state index in [4.69, 9.17) is 4.74 Å². The molecule has 1 saturated carbocycles. The van der Waals surface area contributed by atoms with Gasteiger partial charge in [0.1, 0.15) is 0 Å². The Hall–Kier alpha value is -1.39. The van der Waals surface area contributed by atoms with Gasteiger partial charge in [0.15, 0.2) is 0 Å². The van der Waals surface area contributed by atoms with Crippen LogP contribution in [0.15, 0.2) is 24.3 Å². The lowest BCUT2D eigenvalue weighted by Crippen LogP contribution is -2.35. The summed E-state index contributed by atoms with van der Waals surface area (Å²) in [5.74, 6) is 0.667. The molecule has 1 aromatic carbocycles. The second-order valence-corrected chi connectivity index (χ2v) is 5.79. The number of amides is 1.